The van der Waals surface area contributed by atoms with Crippen LogP contribution in [0.4, 0.5) is 4.39 Å². The van der Waals surface area contributed by atoms with E-state index in [0.29, 0.717) is 25.6 Å². The van der Waals surface area contributed by atoms with Crippen LogP contribution in [-0.4, -0.2) is 33.9 Å². The smallest absolute Gasteiger partial charge is 0.227 e. The van der Waals surface area contributed by atoms with E-state index in [9.17, 15) is 9.18 Å². The number of aromatic nitrogens is 2. The standard InChI is InChI=1S/C29H29FN4O/c1-18-15-32-29-25(18)14-21(16-33-29)20-12-22-17-34(28(35)11-19-4-6-23(30)7-5-19)10-8-24(22)26(13-20)27-3-2-9-31-27/h4-7,12-16,27,31H,2-3,8-11,17H2,1H3,(H,32,33). The van der Waals surface area contributed by atoms with Gasteiger partial charge in [0.25, 0.3) is 0 Å². The number of carbonyl (C=O) groups excluding carboxylic acids is 1. The Labute approximate surface area is 204 Å². The van der Waals surface area contributed by atoms with E-state index >= 15 is 0 Å². The number of aryl methyl sites for hydroxylation is 1. The molecule has 0 radical (unpaired) electrons. The van der Waals surface area contributed by atoms with Gasteiger partial charge in [-0.25, -0.2) is 9.37 Å². The summed E-state index contributed by atoms with van der Waals surface area (Å²) in [6, 6.07) is 13.4. The zero-order chi connectivity index (χ0) is 23.9. The first-order valence-corrected chi connectivity index (χ1v) is 12.4. The Bertz CT molecular complexity index is 1400. The van der Waals surface area contributed by atoms with E-state index in [1.807, 2.05) is 17.3 Å². The molecule has 1 fully saturated rings. The molecule has 2 aliphatic heterocycles. The SMILES string of the molecule is Cc1c[nH]c2ncc(-c3cc4c(c(C5CCCN5)c3)CCN(C(=O)Cc3ccc(F)cc3)C4)cc12. The summed E-state index contributed by atoms with van der Waals surface area (Å²) < 4.78 is 13.3. The van der Waals surface area contributed by atoms with Crippen molar-refractivity contribution in [3.05, 3.63) is 88.5 Å². The zero-order valence-electron chi connectivity index (χ0n) is 19.9. The van der Waals surface area contributed by atoms with E-state index in [4.69, 9.17) is 0 Å². The first kappa shape index (κ1) is 22.0. The van der Waals surface area contributed by atoms with Crippen LogP contribution in [0.3, 0.4) is 0 Å². The van der Waals surface area contributed by atoms with Crippen molar-refractivity contribution in [3.8, 4) is 11.1 Å². The van der Waals surface area contributed by atoms with E-state index in [1.54, 1.807) is 12.1 Å². The van der Waals surface area contributed by atoms with Gasteiger partial charge in [0, 0.05) is 42.5 Å². The third kappa shape index (κ3) is 4.23. The van der Waals surface area contributed by atoms with Gasteiger partial charge in [-0.2, -0.15) is 0 Å². The van der Waals surface area contributed by atoms with Gasteiger partial charge in [-0.05, 0) is 96.4 Å². The Morgan fingerprint density at radius 3 is 2.83 bits per heavy atom. The van der Waals surface area contributed by atoms with Crippen LogP contribution in [0.2, 0.25) is 0 Å². The molecule has 2 N–H and O–H groups in total. The molecular formula is C29H29FN4O. The van der Waals surface area contributed by atoms with Crippen molar-refractivity contribution in [1.29, 1.82) is 0 Å². The van der Waals surface area contributed by atoms with Gasteiger partial charge in [0.05, 0.1) is 6.42 Å². The van der Waals surface area contributed by atoms with Crippen LogP contribution in [0.5, 0.6) is 0 Å². The van der Waals surface area contributed by atoms with Crippen LogP contribution in [0.15, 0.2) is 54.9 Å². The summed E-state index contributed by atoms with van der Waals surface area (Å²) >= 11 is 0. The van der Waals surface area contributed by atoms with Crippen LogP contribution in [-0.2, 0) is 24.2 Å². The molecule has 0 aliphatic carbocycles. The number of carbonyl (C=O) groups is 1. The number of hydrogen-bond acceptors (Lipinski definition) is 3. The molecule has 1 unspecified atom stereocenters. The van der Waals surface area contributed by atoms with Crippen molar-refractivity contribution in [2.45, 2.75) is 45.2 Å². The Balaban J connectivity index is 1.35. The highest BCUT2D eigenvalue weighted by Crippen LogP contribution is 2.36. The monoisotopic (exact) mass is 468 g/mol. The normalized spacial score (nSPS) is 17.7. The summed E-state index contributed by atoms with van der Waals surface area (Å²) in [5.74, 6) is -0.199. The molecule has 2 aromatic carbocycles. The summed E-state index contributed by atoms with van der Waals surface area (Å²) in [7, 11) is 0. The largest absolute Gasteiger partial charge is 0.346 e. The minimum Gasteiger partial charge on any atom is -0.346 e. The molecular weight excluding hydrogens is 439 g/mol. The number of aromatic amines is 1. The van der Waals surface area contributed by atoms with Crippen LogP contribution < -0.4 is 5.32 Å². The first-order chi connectivity index (χ1) is 17.0. The fourth-order valence-corrected chi connectivity index (χ4v) is 5.56. The molecule has 5 nitrogen and oxygen atoms in total. The molecule has 6 rings (SSSR count). The van der Waals surface area contributed by atoms with Gasteiger partial charge in [-0.1, -0.05) is 12.1 Å². The quantitative estimate of drug-likeness (QED) is 0.431. The predicted molar refractivity (Wildman–Crippen MR) is 135 cm³/mol. The molecule has 1 saturated heterocycles. The Hall–Kier alpha value is -3.51. The van der Waals surface area contributed by atoms with E-state index in [2.05, 4.69) is 40.4 Å². The summed E-state index contributed by atoms with van der Waals surface area (Å²) in [4.78, 5) is 22.9. The molecule has 35 heavy (non-hydrogen) atoms. The maximum absolute atomic E-state index is 13.3. The molecule has 2 aliphatic rings. The number of nitrogens with zero attached hydrogens (tertiary/aromatic N) is 2. The first-order valence-electron chi connectivity index (χ1n) is 12.4. The second-order valence-electron chi connectivity index (χ2n) is 9.81. The Kier molecular flexibility index (Phi) is 5.61. The summed E-state index contributed by atoms with van der Waals surface area (Å²) in [6.45, 7) is 4.45. The molecule has 0 bridgehead atoms. The van der Waals surface area contributed by atoms with Gasteiger partial charge in [0.1, 0.15) is 11.5 Å². The fraction of sp³-hybridized carbons (Fsp3) is 0.310. The van der Waals surface area contributed by atoms with E-state index < -0.39 is 0 Å². The molecule has 6 heteroatoms. The molecule has 0 spiro atoms. The van der Waals surface area contributed by atoms with Crippen LogP contribution in [0.1, 0.15) is 46.7 Å². The number of fused-ring (bicyclic) bond motifs is 2. The van der Waals surface area contributed by atoms with Crippen molar-refractivity contribution in [3.63, 3.8) is 0 Å². The minimum atomic E-state index is -0.281. The number of rotatable bonds is 4. The summed E-state index contributed by atoms with van der Waals surface area (Å²) in [6.07, 6.45) is 7.39. The number of halogens is 1. The van der Waals surface area contributed by atoms with Crippen LogP contribution in [0.25, 0.3) is 22.2 Å². The molecule has 2 aromatic heterocycles. The van der Waals surface area contributed by atoms with E-state index in [1.165, 1.54) is 40.8 Å². The second kappa shape index (κ2) is 8.93. The third-order valence-electron chi connectivity index (χ3n) is 7.50. The van der Waals surface area contributed by atoms with Crippen molar-refractivity contribution in [2.75, 3.05) is 13.1 Å². The maximum atomic E-state index is 13.3. The number of hydrogen-bond donors (Lipinski definition) is 2. The molecule has 4 heterocycles. The lowest BCUT2D eigenvalue weighted by Crippen LogP contribution is -2.37. The van der Waals surface area contributed by atoms with E-state index in [-0.39, 0.29) is 11.7 Å². The number of pyridine rings is 1. The molecule has 0 saturated carbocycles. The van der Waals surface area contributed by atoms with Crippen molar-refractivity contribution < 1.29 is 9.18 Å². The lowest BCUT2D eigenvalue weighted by Gasteiger charge is -2.32. The highest BCUT2D eigenvalue weighted by molar-refractivity contribution is 5.85. The lowest BCUT2D eigenvalue weighted by atomic mass is 9.86. The topological polar surface area (TPSA) is 61.0 Å². The summed E-state index contributed by atoms with van der Waals surface area (Å²) in [5, 5.41) is 4.81. The van der Waals surface area contributed by atoms with Gasteiger partial charge in [-0.3, -0.25) is 4.79 Å². The van der Waals surface area contributed by atoms with Gasteiger partial charge in [0.15, 0.2) is 0 Å². The van der Waals surface area contributed by atoms with Gasteiger partial charge in [0.2, 0.25) is 5.91 Å². The van der Waals surface area contributed by atoms with E-state index in [0.717, 1.165) is 47.1 Å². The summed E-state index contributed by atoms with van der Waals surface area (Å²) in [5.41, 5.74) is 9.13. The zero-order valence-corrected chi connectivity index (χ0v) is 19.9. The fourth-order valence-electron chi connectivity index (χ4n) is 5.56. The minimum absolute atomic E-state index is 0.0826. The number of nitrogens with one attached hydrogen (secondary N) is 2. The maximum Gasteiger partial charge on any atom is 0.227 e. The van der Waals surface area contributed by atoms with Crippen molar-refractivity contribution in [2.24, 2.45) is 0 Å². The Morgan fingerprint density at radius 2 is 2.03 bits per heavy atom. The predicted octanol–water partition coefficient (Wildman–Crippen LogP) is 5.23. The molecule has 178 valence electrons. The molecule has 1 amide bonds. The van der Waals surface area contributed by atoms with Gasteiger partial charge >= 0.3 is 0 Å². The number of amides is 1. The molecule has 4 aromatic rings. The number of H-pyrrole nitrogens is 1. The Morgan fingerprint density at radius 1 is 1.17 bits per heavy atom. The lowest BCUT2D eigenvalue weighted by molar-refractivity contribution is -0.131. The van der Waals surface area contributed by atoms with Crippen molar-refractivity contribution in [1.82, 2.24) is 20.2 Å². The molecule has 1 atom stereocenters. The average Bonchev–Trinajstić information content (AvgIpc) is 3.54. The van der Waals surface area contributed by atoms with Crippen LogP contribution in [0, 0.1) is 12.7 Å². The highest BCUT2D eigenvalue weighted by Gasteiger charge is 2.27. The van der Waals surface area contributed by atoms with Crippen molar-refractivity contribution >= 4 is 16.9 Å². The highest BCUT2D eigenvalue weighted by atomic mass is 19.1. The average molecular weight is 469 g/mol. The van der Waals surface area contributed by atoms with Crippen LogP contribution >= 0.6 is 0 Å². The number of benzene rings is 2. The van der Waals surface area contributed by atoms with Gasteiger partial charge < -0.3 is 15.2 Å². The third-order valence-corrected chi connectivity index (χ3v) is 7.50. The second-order valence-corrected chi connectivity index (χ2v) is 9.81. The van der Waals surface area contributed by atoms with Gasteiger partial charge in [-0.15, -0.1) is 0 Å².